The van der Waals surface area contributed by atoms with Crippen molar-refractivity contribution in [1.29, 1.82) is 0 Å². The molecule has 1 N–H and O–H groups in total. The highest BCUT2D eigenvalue weighted by atomic mass is 35.5. The van der Waals surface area contributed by atoms with Crippen molar-refractivity contribution in [2.75, 3.05) is 18.9 Å². The van der Waals surface area contributed by atoms with Crippen molar-refractivity contribution in [3.8, 4) is 17.2 Å². The zero-order valence-electron chi connectivity index (χ0n) is 19.2. The molecule has 35 heavy (non-hydrogen) atoms. The second-order valence-electron chi connectivity index (χ2n) is 7.47. The van der Waals surface area contributed by atoms with Crippen LogP contribution in [0, 0.1) is 5.82 Å². The Hall–Kier alpha value is -3.14. The minimum Gasteiger partial charge on any atom is -0.490 e. The molecule has 0 unspecified atom stereocenters. The van der Waals surface area contributed by atoms with Crippen molar-refractivity contribution in [2.45, 2.75) is 25.2 Å². The van der Waals surface area contributed by atoms with Crippen molar-refractivity contribution in [1.82, 2.24) is 25.5 Å². The van der Waals surface area contributed by atoms with E-state index in [0.717, 1.165) is 28.7 Å². The maximum atomic E-state index is 13.3. The number of nitrogens with zero attached hydrogens (tertiary/aromatic N) is 4. The minimum absolute atomic E-state index is 0.219. The minimum atomic E-state index is -0.376. The molecule has 182 valence electrons. The van der Waals surface area contributed by atoms with E-state index in [-0.39, 0.29) is 12.4 Å². The van der Waals surface area contributed by atoms with E-state index >= 15 is 0 Å². The van der Waals surface area contributed by atoms with Gasteiger partial charge >= 0.3 is 0 Å². The Morgan fingerprint density at radius 2 is 1.89 bits per heavy atom. The molecule has 10 heteroatoms. The molecule has 0 spiro atoms. The number of aromatic nitrogens is 4. The maximum Gasteiger partial charge on any atom is 0.214 e. The van der Waals surface area contributed by atoms with Gasteiger partial charge in [-0.2, -0.15) is 4.68 Å². The summed E-state index contributed by atoms with van der Waals surface area (Å²) in [6.07, 6.45) is 0. The number of para-hydroxylation sites is 1. The number of ether oxygens (including phenoxy) is 2. The number of hydrogen-bond acceptors (Lipinski definition) is 7. The van der Waals surface area contributed by atoms with Gasteiger partial charge in [0.1, 0.15) is 12.4 Å². The van der Waals surface area contributed by atoms with E-state index in [1.165, 1.54) is 12.1 Å². The molecule has 4 rings (SSSR count). The van der Waals surface area contributed by atoms with Gasteiger partial charge in [0, 0.05) is 24.4 Å². The van der Waals surface area contributed by atoms with Crippen LogP contribution in [-0.2, 0) is 13.2 Å². The third kappa shape index (κ3) is 6.94. The fourth-order valence-corrected chi connectivity index (χ4v) is 4.30. The van der Waals surface area contributed by atoms with Gasteiger partial charge in [0.2, 0.25) is 5.16 Å². The Morgan fingerprint density at radius 3 is 2.69 bits per heavy atom. The second kappa shape index (κ2) is 12.5. The fraction of sp³-hybridized carbons (Fsp3) is 0.240. The topological polar surface area (TPSA) is 74.1 Å². The lowest BCUT2D eigenvalue weighted by Gasteiger charge is -2.14. The van der Waals surface area contributed by atoms with Gasteiger partial charge in [-0.25, -0.2) is 4.39 Å². The molecule has 3 aromatic carbocycles. The molecule has 0 aliphatic carbocycles. The lowest BCUT2D eigenvalue weighted by molar-refractivity contribution is 0.269. The van der Waals surface area contributed by atoms with Crippen LogP contribution < -0.4 is 14.8 Å². The van der Waals surface area contributed by atoms with Crippen LogP contribution in [0.3, 0.4) is 0 Å². The van der Waals surface area contributed by atoms with Crippen molar-refractivity contribution < 1.29 is 13.9 Å². The Labute approximate surface area is 212 Å². The van der Waals surface area contributed by atoms with Gasteiger partial charge in [-0.05, 0) is 59.3 Å². The van der Waals surface area contributed by atoms with E-state index in [2.05, 4.69) is 20.8 Å². The van der Waals surface area contributed by atoms with Crippen molar-refractivity contribution >= 4 is 23.4 Å². The molecule has 0 saturated carbocycles. The smallest absolute Gasteiger partial charge is 0.214 e. The van der Waals surface area contributed by atoms with Gasteiger partial charge in [0.25, 0.3) is 0 Å². The average Bonchev–Trinajstić information content (AvgIpc) is 3.33. The average molecular weight is 514 g/mol. The highest BCUT2D eigenvalue weighted by molar-refractivity contribution is 7.99. The first-order valence-electron chi connectivity index (χ1n) is 11.1. The Bertz CT molecular complexity index is 1240. The number of benzene rings is 3. The molecule has 0 amide bonds. The van der Waals surface area contributed by atoms with Crippen LogP contribution in [0.15, 0.2) is 71.9 Å². The van der Waals surface area contributed by atoms with Crippen LogP contribution in [0.4, 0.5) is 4.39 Å². The SMILES string of the molecule is CCOc1cc(CNCCSc2nnnn2-c2ccccc2)ccc1OCc1ccc(F)cc1Cl. The number of hydrogen-bond donors (Lipinski definition) is 1. The van der Waals surface area contributed by atoms with Gasteiger partial charge in [0.05, 0.1) is 17.3 Å². The predicted molar refractivity (Wildman–Crippen MR) is 135 cm³/mol. The molecular weight excluding hydrogens is 489 g/mol. The third-order valence-corrected chi connectivity index (χ3v) is 6.26. The Kier molecular flexibility index (Phi) is 8.94. The van der Waals surface area contributed by atoms with E-state index in [1.807, 2.05) is 55.5 Å². The van der Waals surface area contributed by atoms with E-state index in [1.54, 1.807) is 22.5 Å². The summed E-state index contributed by atoms with van der Waals surface area (Å²) < 4.78 is 26.7. The van der Waals surface area contributed by atoms with E-state index in [9.17, 15) is 4.39 Å². The summed E-state index contributed by atoms with van der Waals surface area (Å²) in [5.74, 6) is 1.70. The van der Waals surface area contributed by atoms with Gasteiger partial charge in [0.15, 0.2) is 11.5 Å². The monoisotopic (exact) mass is 513 g/mol. The van der Waals surface area contributed by atoms with E-state index < -0.39 is 0 Å². The third-order valence-electron chi connectivity index (χ3n) is 4.99. The zero-order valence-corrected chi connectivity index (χ0v) is 20.7. The lowest BCUT2D eigenvalue weighted by Crippen LogP contribution is -2.17. The molecule has 0 atom stereocenters. The maximum absolute atomic E-state index is 13.3. The molecule has 0 bridgehead atoms. The van der Waals surface area contributed by atoms with Crippen LogP contribution >= 0.6 is 23.4 Å². The quantitative estimate of drug-likeness (QED) is 0.203. The molecular formula is C25H25ClFN5O2S. The van der Waals surface area contributed by atoms with Gasteiger partial charge in [-0.15, -0.1) is 5.10 Å². The normalized spacial score (nSPS) is 10.9. The second-order valence-corrected chi connectivity index (χ2v) is 8.94. The number of halogens is 2. The highest BCUT2D eigenvalue weighted by Gasteiger charge is 2.10. The summed E-state index contributed by atoms with van der Waals surface area (Å²) in [6, 6.07) is 19.9. The van der Waals surface area contributed by atoms with Crippen LogP contribution in [0.25, 0.3) is 5.69 Å². The van der Waals surface area contributed by atoms with E-state index in [4.69, 9.17) is 21.1 Å². The van der Waals surface area contributed by atoms with Gasteiger partial charge < -0.3 is 14.8 Å². The molecule has 0 radical (unpaired) electrons. The summed E-state index contributed by atoms with van der Waals surface area (Å²) >= 11 is 7.69. The molecule has 7 nitrogen and oxygen atoms in total. The van der Waals surface area contributed by atoms with Crippen molar-refractivity contribution in [2.24, 2.45) is 0 Å². The first-order chi connectivity index (χ1) is 17.1. The number of thioether (sulfide) groups is 1. The summed E-state index contributed by atoms with van der Waals surface area (Å²) in [7, 11) is 0. The summed E-state index contributed by atoms with van der Waals surface area (Å²) in [5.41, 5.74) is 2.71. The Morgan fingerprint density at radius 1 is 1.03 bits per heavy atom. The van der Waals surface area contributed by atoms with Gasteiger partial charge in [-0.3, -0.25) is 0 Å². The predicted octanol–water partition coefficient (Wildman–Crippen LogP) is 5.31. The summed E-state index contributed by atoms with van der Waals surface area (Å²) in [5, 5.41) is 16.5. The molecule has 4 aromatic rings. The highest BCUT2D eigenvalue weighted by Crippen LogP contribution is 2.30. The largest absolute Gasteiger partial charge is 0.490 e. The lowest BCUT2D eigenvalue weighted by atomic mass is 10.2. The van der Waals surface area contributed by atoms with Crippen molar-refractivity contribution in [3.05, 3.63) is 88.7 Å². The number of nitrogens with one attached hydrogen (secondary N) is 1. The molecule has 0 aliphatic rings. The number of tetrazole rings is 1. The molecule has 0 saturated heterocycles. The molecule has 0 aliphatic heterocycles. The van der Waals surface area contributed by atoms with Crippen LogP contribution in [0.2, 0.25) is 5.02 Å². The summed E-state index contributed by atoms with van der Waals surface area (Å²) in [6.45, 7) is 4.10. The number of rotatable bonds is 12. The van der Waals surface area contributed by atoms with Crippen LogP contribution in [0.1, 0.15) is 18.1 Å². The molecule has 0 fully saturated rings. The van der Waals surface area contributed by atoms with Crippen LogP contribution in [0.5, 0.6) is 11.5 Å². The summed E-state index contributed by atoms with van der Waals surface area (Å²) in [4.78, 5) is 0. The first kappa shape index (κ1) is 25.0. The standard InChI is InChI=1S/C25H25ClFN5O2S/c1-2-33-24-14-18(8-11-23(24)34-17-19-9-10-20(27)15-22(19)26)16-28-12-13-35-25-29-30-31-32(25)21-6-4-3-5-7-21/h3-11,14-15,28H,2,12-13,16-17H2,1H3. The fourth-order valence-electron chi connectivity index (χ4n) is 3.29. The first-order valence-corrected chi connectivity index (χ1v) is 12.5. The zero-order chi connectivity index (χ0) is 24.5. The Balaban J connectivity index is 1.28. The molecule has 1 aromatic heterocycles. The molecule has 1 heterocycles. The van der Waals surface area contributed by atoms with Crippen molar-refractivity contribution in [3.63, 3.8) is 0 Å². The van der Waals surface area contributed by atoms with Crippen LogP contribution in [-0.4, -0.2) is 39.1 Å². The van der Waals surface area contributed by atoms with Gasteiger partial charge in [-0.1, -0.05) is 53.7 Å². The van der Waals surface area contributed by atoms with E-state index in [0.29, 0.717) is 35.2 Å².